The summed E-state index contributed by atoms with van der Waals surface area (Å²) in [5.74, 6) is 0. The summed E-state index contributed by atoms with van der Waals surface area (Å²) in [4.78, 5) is 17.1. The average Bonchev–Trinajstić information content (AvgIpc) is 2.88. The maximum absolute atomic E-state index is 11.9. The Morgan fingerprint density at radius 2 is 2.21 bits per heavy atom. The fraction of sp³-hybridized carbons (Fsp3) is 0.273. The van der Waals surface area contributed by atoms with Crippen LogP contribution in [-0.4, -0.2) is 29.5 Å². The van der Waals surface area contributed by atoms with Crippen LogP contribution < -0.4 is 10.3 Å². The molecule has 7 nitrogen and oxygen atoms in total. The predicted octanol–water partition coefficient (Wildman–Crippen LogP) is -0.0600. The van der Waals surface area contributed by atoms with Crippen molar-refractivity contribution in [2.45, 2.75) is 17.9 Å². The van der Waals surface area contributed by atoms with E-state index >= 15 is 0 Å². The Morgan fingerprint density at radius 3 is 2.84 bits per heavy atom. The highest BCUT2D eigenvalue weighted by atomic mass is 32.2. The van der Waals surface area contributed by atoms with Crippen molar-refractivity contribution in [2.24, 2.45) is 0 Å². The third-order valence-electron chi connectivity index (χ3n) is 2.51. The number of rotatable bonds is 6. The normalized spacial score (nSPS) is 11.6. The summed E-state index contributed by atoms with van der Waals surface area (Å²) in [6, 6.07) is 2.46. The molecule has 0 radical (unpaired) electrons. The molecule has 0 fully saturated rings. The second-order valence-electron chi connectivity index (χ2n) is 3.94. The number of nitrogens with zero attached hydrogens (tertiary/aromatic N) is 2. The molecule has 2 N–H and O–H groups in total. The summed E-state index contributed by atoms with van der Waals surface area (Å²) in [5, 5.41) is 0. The molecule has 0 aromatic carbocycles. The fourth-order valence-corrected chi connectivity index (χ4v) is 2.57. The number of aryl methyl sites for hydroxylation is 1. The van der Waals surface area contributed by atoms with Crippen LogP contribution in [0.2, 0.25) is 0 Å². The van der Waals surface area contributed by atoms with Gasteiger partial charge >= 0.3 is 0 Å². The molecule has 8 heteroatoms. The van der Waals surface area contributed by atoms with Crippen LogP contribution in [-0.2, 0) is 16.6 Å². The van der Waals surface area contributed by atoms with Crippen LogP contribution >= 0.6 is 0 Å². The third-order valence-corrected chi connectivity index (χ3v) is 3.97. The standard InChI is InChI=1S/C11H14N4O3S/c16-11-3-2-10(8-13-11)19(17,18)14-4-1-6-15-7-5-12-9-15/h2-3,5,7-9,14H,1,4,6H2,(H,13,16). The van der Waals surface area contributed by atoms with Gasteiger partial charge in [-0.1, -0.05) is 0 Å². The number of nitrogens with one attached hydrogen (secondary N) is 2. The molecule has 0 aliphatic carbocycles. The summed E-state index contributed by atoms with van der Waals surface area (Å²) >= 11 is 0. The first-order chi connectivity index (χ1) is 9.08. The molecule has 0 saturated heterocycles. The molecule has 102 valence electrons. The highest BCUT2D eigenvalue weighted by Gasteiger charge is 2.12. The second kappa shape index (κ2) is 5.81. The van der Waals surface area contributed by atoms with E-state index in [-0.39, 0.29) is 10.5 Å². The molecular weight excluding hydrogens is 268 g/mol. The number of hydrogen-bond donors (Lipinski definition) is 2. The van der Waals surface area contributed by atoms with E-state index in [1.165, 1.54) is 18.3 Å². The Labute approximate surface area is 110 Å². The molecule has 19 heavy (non-hydrogen) atoms. The Morgan fingerprint density at radius 1 is 1.37 bits per heavy atom. The SMILES string of the molecule is O=c1ccc(S(=O)(=O)NCCCn2ccnc2)c[nH]1. The highest BCUT2D eigenvalue weighted by Crippen LogP contribution is 2.03. The number of imidazole rings is 1. The number of pyridine rings is 1. The highest BCUT2D eigenvalue weighted by molar-refractivity contribution is 7.89. The maximum Gasteiger partial charge on any atom is 0.247 e. The molecule has 0 aliphatic rings. The predicted molar refractivity (Wildman–Crippen MR) is 69.1 cm³/mol. The molecule has 0 spiro atoms. The van der Waals surface area contributed by atoms with Gasteiger partial charge < -0.3 is 9.55 Å². The summed E-state index contributed by atoms with van der Waals surface area (Å²) in [6.07, 6.45) is 7.00. The molecule has 2 aromatic rings. The smallest absolute Gasteiger partial charge is 0.247 e. The molecular formula is C11H14N4O3S. The quantitative estimate of drug-likeness (QED) is 0.725. The van der Waals surface area contributed by atoms with Gasteiger partial charge in [0.1, 0.15) is 0 Å². The van der Waals surface area contributed by atoms with Crippen LogP contribution in [0, 0.1) is 0 Å². The van der Waals surface area contributed by atoms with Crippen LogP contribution in [0.25, 0.3) is 0 Å². The molecule has 0 bridgehead atoms. The molecule has 0 aliphatic heterocycles. The Kier molecular flexibility index (Phi) is 4.13. The maximum atomic E-state index is 11.9. The van der Waals surface area contributed by atoms with Gasteiger partial charge in [-0.3, -0.25) is 4.79 Å². The molecule has 2 heterocycles. The van der Waals surface area contributed by atoms with Gasteiger partial charge in [-0.15, -0.1) is 0 Å². The Hall–Kier alpha value is -1.93. The lowest BCUT2D eigenvalue weighted by Gasteiger charge is -2.06. The van der Waals surface area contributed by atoms with E-state index in [4.69, 9.17) is 0 Å². The number of aromatic amines is 1. The van der Waals surface area contributed by atoms with Gasteiger partial charge in [0.2, 0.25) is 15.6 Å². The zero-order chi connectivity index (χ0) is 13.7. The van der Waals surface area contributed by atoms with Gasteiger partial charge in [-0.05, 0) is 12.5 Å². The van der Waals surface area contributed by atoms with Gasteiger partial charge in [-0.2, -0.15) is 0 Å². The minimum atomic E-state index is -3.56. The van der Waals surface area contributed by atoms with Crippen molar-refractivity contribution in [1.82, 2.24) is 19.3 Å². The minimum Gasteiger partial charge on any atom is -0.337 e. The Balaban J connectivity index is 1.87. The van der Waals surface area contributed by atoms with Crippen molar-refractivity contribution < 1.29 is 8.42 Å². The van der Waals surface area contributed by atoms with Crippen molar-refractivity contribution in [3.8, 4) is 0 Å². The zero-order valence-corrected chi connectivity index (χ0v) is 10.9. The summed E-state index contributed by atoms with van der Waals surface area (Å²) in [6.45, 7) is 1.01. The number of H-pyrrole nitrogens is 1. The van der Waals surface area contributed by atoms with Gasteiger partial charge in [0.15, 0.2) is 0 Å². The summed E-state index contributed by atoms with van der Waals surface area (Å²) in [5.41, 5.74) is -0.334. The fourth-order valence-electron chi connectivity index (χ4n) is 1.53. The van der Waals surface area contributed by atoms with Crippen molar-refractivity contribution >= 4 is 10.0 Å². The van der Waals surface area contributed by atoms with E-state index in [2.05, 4.69) is 14.7 Å². The van der Waals surface area contributed by atoms with Crippen molar-refractivity contribution in [3.63, 3.8) is 0 Å². The minimum absolute atomic E-state index is 0.0507. The molecule has 0 saturated carbocycles. The zero-order valence-electron chi connectivity index (χ0n) is 10.1. The second-order valence-corrected chi connectivity index (χ2v) is 5.71. The lowest BCUT2D eigenvalue weighted by atomic mass is 10.4. The van der Waals surface area contributed by atoms with E-state index in [9.17, 15) is 13.2 Å². The monoisotopic (exact) mass is 282 g/mol. The first-order valence-electron chi connectivity index (χ1n) is 5.72. The molecule has 0 unspecified atom stereocenters. The summed E-state index contributed by atoms with van der Waals surface area (Å²) < 4.78 is 28.0. The molecule has 0 amide bonds. The van der Waals surface area contributed by atoms with Crippen LogP contribution in [0.1, 0.15) is 6.42 Å². The van der Waals surface area contributed by atoms with E-state index in [1.54, 1.807) is 12.5 Å². The van der Waals surface area contributed by atoms with Crippen molar-refractivity contribution in [3.05, 3.63) is 47.4 Å². The lowest BCUT2D eigenvalue weighted by Crippen LogP contribution is -2.26. The third kappa shape index (κ3) is 3.76. The van der Waals surface area contributed by atoms with E-state index < -0.39 is 10.0 Å². The van der Waals surface area contributed by atoms with Gasteiger partial charge in [0, 0.05) is 37.7 Å². The number of aromatic nitrogens is 3. The van der Waals surface area contributed by atoms with Gasteiger partial charge in [0.05, 0.1) is 11.2 Å². The van der Waals surface area contributed by atoms with E-state index in [1.807, 2.05) is 10.8 Å². The van der Waals surface area contributed by atoms with Crippen molar-refractivity contribution in [2.75, 3.05) is 6.54 Å². The first-order valence-corrected chi connectivity index (χ1v) is 7.20. The van der Waals surface area contributed by atoms with Crippen LogP contribution in [0.4, 0.5) is 0 Å². The molecule has 2 aromatic heterocycles. The average molecular weight is 282 g/mol. The van der Waals surface area contributed by atoms with Crippen LogP contribution in [0.15, 0.2) is 46.7 Å². The van der Waals surface area contributed by atoms with E-state index in [0.29, 0.717) is 19.5 Å². The molecule has 2 rings (SSSR count). The topological polar surface area (TPSA) is 96.8 Å². The van der Waals surface area contributed by atoms with Crippen LogP contribution in [0.5, 0.6) is 0 Å². The number of hydrogen-bond acceptors (Lipinski definition) is 4. The Bertz CT molecular complexity index is 656. The first kappa shape index (κ1) is 13.5. The number of sulfonamides is 1. The van der Waals surface area contributed by atoms with Gasteiger partial charge in [0.25, 0.3) is 0 Å². The molecule has 0 atom stereocenters. The van der Waals surface area contributed by atoms with E-state index in [0.717, 1.165) is 0 Å². The van der Waals surface area contributed by atoms with Crippen LogP contribution in [0.3, 0.4) is 0 Å². The largest absolute Gasteiger partial charge is 0.337 e. The lowest BCUT2D eigenvalue weighted by molar-refractivity contribution is 0.569. The summed E-state index contributed by atoms with van der Waals surface area (Å²) in [7, 11) is -3.56. The van der Waals surface area contributed by atoms with Crippen molar-refractivity contribution in [1.29, 1.82) is 0 Å². The van der Waals surface area contributed by atoms with Gasteiger partial charge in [-0.25, -0.2) is 18.1 Å².